The molecule has 0 amide bonds. The van der Waals surface area contributed by atoms with Gasteiger partial charge in [0.05, 0.1) is 12.2 Å². The second-order valence-corrected chi connectivity index (χ2v) is 5.07. The van der Waals surface area contributed by atoms with E-state index < -0.39 is 5.97 Å². The van der Waals surface area contributed by atoms with E-state index in [9.17, 15) is 4.79 Å². The summed E-state index contributed by atoms with van der Waals surface area (Å²) in [5, 5.41) is 13.3. The molecule has 104 valence electrons. The Kier molecular flexibility index (Phi) is 3.14. The van der Waals surface area contributed by atoms with Crippen molar-refractivity contribution in [3.05, 3.63) is 41.9 Å². The number of pyridine rings is 1. The molecule has 1 N–H and O–H groups in total. The van der Waals surface area contributed by atoms with Gasteiger partial charge in [-0.15, -0.1) is 0 Å². The number of carboxylic acids is 1. The van der Waals surface area contributed by atoms with Gasteiger partial charge in [-0.25, -0.2) is 9.78 Å². The Hall–Kier alpha value is -2.37. The third-order valence-corrected chi connectivity index (χ3v) is 3.55. The fourth-order valence-corrected chi connectivity index (χ4v) is 2.52. The number of aryl methyl sites for hydroxylation is 1. The Morgan fingerprint density at radius 1 is 1.45 bits per heavy atom. The summed E-state index contributed by atoms with van der Waals surface area (Å²) in [4.78, 5) is 17.3. The van der Waals surface area contributed by atoms with Gasteiger partial charge >= 0.3 is 5.97 Å². The first kappa shape index (κ1) is 12.7. The van der Waals surface area contributed by atoms with Crippen LogP contribution in [0.5, 0.6) is 0 Å². The van der Waals surface area contributed by atoms with Crippen molar-refractivity contribution < 1.29 is 9.90 Å². The van der Waals surface area contributed by atoms with E-state index in [4.69, 9.17) is 5.11 Å². The molecule has 2 aromatic rings. The SMILES string of the molecule is Cc1cnn([C@@H]2CCN(c3cccc(C(=O)O)n3)C2)c1. The van der Waals surface area contributed by atoms with Crippen molar-refractivity contribution in [1.82, 2.24) is 14.8 Å². The van der Waals surface area contributed by atoms with E-state index in [2.05, 4.69) is 15.0 Å². The van der Waals surface area contributed by atoms with Crippen molar-refractivity contribution in [2.45, 2.75) is 19.4 Å². The third kappa shape index (κ3) is 2.36. The van der Waals surface area contributed by atoms with Crippen LogP contribution in [-0.4, -0.2) is 38.9 Å². The Bertz CT molecular complexity index is 638. The van der Waals surface area contributed by atoms with Crippen LogP contribution < -0.4 is 4.90 Å². The van der Waals surface area contributed by atoms with Gasteiger partial charge in [-0.1, -0.05) is 6.07 Å². The number of rotatable bonds is 3. The third-order valence-electron chi connectivity index (χ3n) is 3.55. The molecule has 1 aliphatic heterocycles. The Labute approximate surface area is 116 Å². The molecule has 0 unspecified atom stereocenters. The minimum absolute atomic E-state index is 0.0842. The largest absolute Gasteiger partial charge is 0.477 e. The minimum Gasteiger partial charge on any atom is -0.477 e. The highest BCUT2D eigenvalue weighted by molar-refractivity contribution is 5.85. The summed E-state index contributed by atoms with van der Waals surface area (Å²) in [5.41, 5.74) is 1.23. The zero-order chi connectivity index (χ0) is 14.1. The summed E-state index contributed by atoms with van der Waals surface area (Å²) in [6.07, 6.45) is 4.88. The molecule has 0 aromatic carbocycles. The highest BCUT2D eigenvalue weighted by Crippen LogP contribution is 2.25. The van der Waals surface area contributed by atoms with Crippen molar-refractivity contribution in [2.75, 3.05) is 18.0 Å². The van der Waals surface area contributed by atoms with Crippen LogP contribution in [0.25, 0.3) is 0 Å². The lowest BCUT2D eigenvalue weighted by atomic mass is 10.3. The molecule has 6 nitrogen and oxygen atoms in total. The number of aromatic nitrogens is 3. The minimum atomic E-state index is -0.995. The van der Waals surface area contributed by atoms with Crippen molar-refractivity contribution in [3.63, 3.8) is 0 Å². The van der Waals surface area contributed by atoms with Crippen molar-refractivity contribution in [2.24, 2.45) is 0 Å². The monoisotopic (exact) mass is 272 g/mol. The van der Waals surface area contributed by atoms with Crippen LogP contribution in [0.1, 0.15) is 28.5 Å². The Morgan fingerprint density at radius 2 is 2.30 bits per heavy atom. The summed E-state index contributed by atoms with van der Waals surface area (Å²) in [6, 6.07) is 5.41. The standard InChI is InChI=1S/C14H16N4O2/c1-10-7-15-18(8-10)11-5-6-17(9-11)13-4-2-3-12(16-13)14(19)20/h2-4,7-8,11H,5-6,9H2,1H3,(H,19,20)/t11-/m1/s1. The first-order valence-corrected chi connectivity index (χ1v) is 6.59. The molecule has 6 heteroatoms. The predicted molar refractivity (Wildman–Crippen MR) is 74.0 cm³/mol. The van der Waals surface area contributed by atoms with Gasteiger partial charge in [-0.3, -0.25) is 4.68 Å². The fraction of sp³-hybridized carbons (Fsp3) is 0.357. The Morgan fingerprint density at radius 3 is 3.00 bits per heavy atom. The normalized spacial score (nSPS) is 18.4. The highest BCUT2D eigenvalue weighted by Gasteiger charge is 2.25. The maximum atomic E-state index is 11.0. The summed E-state index contributed by atoms with van der Waals surface area (Å²) < 4.78 is 1.98. The lowest BCUT2D eigenvalue weighted by Gasteiger charge is -2.17. The van der Waals surface area contributed by atoms with Crippen molar-refractivity contribution in [1.29, 1.82) is 0 Å². The molecule has 0 radical (unpaired) electrons. The number of hydrogen-bond donors (Lipinski definition) is 1. The second kappa shape index (κ2) is 4.96. The van der Waals surface area contributed by atoms with Crippen LogP contribution in [0, 0.1) is 6.92 Å². The lowest BCUT2D eigenvalue weighted by Crippen LogP contribution is -2.22. The van der Waals surface area contributed by atoms with Gasteiger partial charge in [0.1, 0.15) is 5.82 Å². The smallest absolute Gasteiger partial charge is 0.354 e. The van der Waals surface area contributed by atoms with Crippen molar-refractivity contribution in [3.8, 4) is 0 Å². The summed E-state index contributed by atoms with van der Waals surface area (Å²) in [5.74, 6) is -0.276. The number of anilines is 1. The molecule has 1 atom stereocenters. The molecule has 1 saturated heterocycles. The molecule has 0 aliphatic carbocycles. The molecular weight excluding hydrogens is 256 g/mol. The van der Waals surface area contributed by atoms with Crippen LogP contribution in [0.15, 0.2) is 30.6 Å². The van der Waals surface area contributed by atoms with E-state index >= 15 is 0 Å². The zero-order valence-corrected chi connectivity index (χ0v) is 11.2. The average molecular weight is 272 g/mol. The maximum Gasteiger partial charge on any atom is 0.354 e. The first-order chi connectivity index (χ1) is 9.63. The molecule has 0 spiro atoms. The van der Waals surface area contributed by atoms with Gasteiger partial charge < -0.3 is 10.0 Å². The quantitative estimate of drug-likeness (QED) is 0.921. The fourth-order valence-electron chi connectivity index (χ4n) is 2.52. The number of carbonyl (C=O) groups is 1. The van der Waals surface area contributed by atoms with Crippen LogP contribution >= 0.6 is 0 Å². The molecule has 1 aliphatic rings. The molecule has 1 fully saturated rings. The van der Waals surface area contributed by atoms with Crippen LogP contribution in [0.2, 0.25) is 0 Å². The van der Waals surface area contributed by atoms with E-state index in [0.29, 0.717) is 6.04 Å². The van der Waals surface area contributed by atoms with Gasteiger partial charge in [0.2, 0.25) is 0 Å². The van der Waals surface area contributed by atoms with Gasteiger partial charge in [-0.05, 0) is 31.0 Å². The molecule has 0 saturated carbocycles. The van der Waals surface area contributed by atoms with E-state index in [1.54, 1.807) is 6.07 Å². The van der Waals surface area contributed by atoms with Gasteiger partial charge in [0, 0.05) is 19.3 Å². The summed E-state index contributed by atoms with van der Waals surface area (Å²) in [7, 11) is 0. The zero-order valence-electron chi connectivity index (χ0n) is 11.2. The Balaban J connectivity index is 1.77. The topological polar surface area (TPSA) is 71.2 Å². The molecule has 2 aromatic heterocycles. The van der Waals surface area contributed by atoms with Crippen LogP contribution in [0.4, 0.5) is 5.82 Å². The van der Waals surface area contributed by atoms with Gasteiger partial charge in [0.25, 0.3) is 0 Å². The molecule has 0 bridgehead atoms. The van der Waals surface area contributed by atoms with Crippen LogP contribution in [-0.2, 0) is 0 Å². The molecular formula is C14H16N4O2. The molecule has 3 heterocycles. The number of nitrogens with zero attached hydrogens (tertiary/aromatic N) is 4. The van der Waals surface area contributed by atoms with E-state index in [1.165, 1.54) is 6.07 Å². The first-order valence-electron chi connectivity index (χ1n) is 6.59. The second-order valence-electron chi connectivity index (χ2n) is 5.07. The molecule has 3 rings (SSSR count). The predicted octanol–water partition coefficient (Wildman–Crippen LogP) is 1.74. The van der Waals surface area contributed by atoms with Gasteiger partial charge in [-0.2, -0.15) is 5.10 Å². The summed E-state index contributed by atoms with van der Waals surface area (Å²) >= 11 is 0. The number of carboxylic acid groups (broad SMARTS) is 1. The van der Waals surface area contributed by atoms with E-state index in [1.807, 2.05) is 30.1 Å². The van der Waals surface area contributed by atoms with E-state index in [0.717, 1.165) is 30.9 Å². The number of aromatic carboxylic acids is 1. The average Bonchev–Trinajstić information content (AvgIpc) is 3.07. The lowest BCUT2D eigenvalue weighted by molar-refractivity contribution is 0.0690. The summed E-state index contributed by atoms with van der Waals surface area (Å²) in [6.45, 7) is 3.69. The number of hydrogen-bond acceptors (Lipinski definition) is 4. The van der Waals surface area contributed by atoms with Gasteiger partial charge in [0.15, 0.2) is 5.69 Å². The maximum absolute atomic E-state index is 11.0. The van der Waals surface area contributed by atoms with Crippen molar-refractivity contribution >= 4 is 11.8 Å². The van der Waals surface area contributed by atoms with Crippen LogP contribution in [0.3, 0.4) is 0 Å². The highest BCUT2D eigenvalue weighted by atomic mass is 16.4. The van der Waals surface area contributed by atoms with E-state index in [-0.39, 0.29) is 5.69 Å². The molecule has 20 heavy (non-hydrogen) atoms.